The molecule has 92 valence electrons. The predicted octanol–water partition coefficient (Wildman–Crippen LogP) is 0.324. The SMILES string of the molecule is Cc1nn(C)c(CNCC(C)(O)CO)c1Br. The Labute approximate surface area is 104 Å². The average Bonchev–Trinajstić information content (AvgIpc) is 2.44. The molecule has 5 nitrogen and oxygen atoms in total. The van der Waals surface area contributed by atoms with Crippen LogP contribution in [-0.2, 0) is 13.6 Å². The van der Waals surface area contributed by atoms with Crippen molar-refractivity contribution in [3.8, 4) is 0 Å². The molecule has 0 bridgehead atoms. The molecule has 6 heteroatoms. The van der Waals surface area contributed by atoms with E-state index in [0.29, 0.717) is 13.1 Å². The Balaban J connectivity index is 2.55. The van der Waals surface area contributed by atoms with Crippen LogP contribution in [0.25, 0.3) is 0 Å². The van der Waals surface area contributed by atoms with Crippen molar-refractivity contribution >= 4 is 15.9 Å². The van der Waals surface area contributed by atoms with E-state index in [0.717, 1.165) is 15.9 Å². The minimum absolute atomic E-state index is 0.258. The fraction of sp³-hybridized carbons (Fsp3) is 0.700. The summed E-state index contributed by atoms with van der Waals surface area (Å²) in [5.41, 5.74) is 0.875. The first-order valence-corrected chi connectivity index (χ1v) is 5.88. The van der Waals surface area contributed by atoms with Crippen molar-refractivity contribution < 1.29 is 10.2 Å². The maximum Gasteiger partial charge on any atom is 0.0972 e. The number of aryl methyl sites for hydroxylation is 2. The molecule has 0 aromatic carbocycles. The monoisotopic (exact) mass is 291 g/mol. The lowest BCUT2D eigenvalue weighted by Crippen LogP contribution is -2.40. The summed E-state index contributed by atoms with van der Waals surface area (Å²) in [5.74, 6) is 0. The highest BCUT2D eigenvalue weighted by Gasteiger charge is 2.19. The van der Waals surface area contributed by atoms with Crippen molar-refractivity contribution in [1.29, 1.82) is 0 Å². The lowest BCUT2D eigenvalue weighted by atomic mass is 10.1. The Kier molecular flexibility index (Phi) is 4.49. The largest absolute Gasteiger partial charge is 0.393 e. The van der Waals surface area contributed by atoms with Crippen LogP contribution in [0.1, 0.15) is 18.3 Å². The van der Waals surface area contributed by atoms with Gasteiger partial charge >= 0.3 is 0 Å². The van der Waals surface area contributed by atoms with E-state index < -0.39 is 5.60 Å². The Morgan fingerprint density at radius 2 is 2.19 bits per heavy atom. The summed E-state index contributed by atoms with van der Waals surface area (Å²) in [4.78, 5) is 0. The fourth-order valence-electron chi connectivity index (χ4n) is 1.38. The van der Waals surface area contributed by atoms with E-state index >= 15 is 0 Å². The molecule has 1 heterocycles. The molecule has 1 aromatic rings. The van der Waals surface area contributed by atoms with E-state index in [-0.39, 0.29) is 6.61 Å². The highest BCUT2D eigenvalue weighted by molar-refractivity contribution is 9.10. The minimum Gasteiger partial charge on any atom is -0.393 e. The maximum absolute atomic E-state index is 9.60. The van der Waals surface area contributed by atoms with Crippen LogP contribution < -0.4 is 5.32 Å². The van der Waals surface area contributed by atoms with Crippen LogP contribution in [0.4, 0.5) is 0 Å². The van der Waals surface area contributed by atoms with Gasteiger partial charge < -0.3 is 15.5 Å². The molecule has 1 aromatic heterocycles. The smallest absolute Gasteiger partial charge is 0.0972 e. The average molecular weight is 292 g/mol. The summed E-state index contributed by atoms with van der Waals surface area (Å²) >= 11 is 3.46. The summed E-state index contributed by atoms with van der Waals surface area (Å²) < 4.78 is 2.77. The lowest BCUT2D eigenvalue weighted by Gasteiger charge is -2.20. The Morgan fingerprint density at radius 1 is 1.56 bits per heavy atom. The first-order chi connectivity index (χ1) is 7.37. The third-order valence-electron chi connectivity index (χ3n) is 2.40. The molecule has 1 atom stereocenters. The van der Waals surface area contributed by atoms with Crippen LogP contribution in [0.5, 0.6) is 0 Å². The molecule has 0 saturated carbocycles. The van der Waals surface area contributed by atoms with Crippen molar-refractivity contribution in [2.75, 3.05) is 13.2 Å². The molecule has 0 aliphatic carbocycles. The Bertz CT molecular complexity index is 363. The summed E-state index contributed by atoms with van der Waals surface area (Å²) in [7, 11) is 1.87. The molecule has 0 saturated heterocycles. The van der Waals surface area contributed by atoms with Gasteiger partial charge in [0.15, 0.2) is 0 Å². The first-order valence-electron chi connectivity index (χ1n) is 5.09. The summed E-state index contributed by atoms with van der Waals surface area (Å²) in [6.45, 7) is 4.18. The van der Waals surface area contributed by atoms with Gasteiger partial charge in [-0.1, -0.05) is 0 Å². The molecule has 16 heavy (non-hydrogen) atoms. The molecular weight excluding hydrogens is 274 g/mol. The molecule has 0 amide bonds. The zero-order chi connectivity index (χ0) is 12.3. The molecule has 0 fully saturated rings. The molecule has 0 radical (unpaired) electrons. The zero-order valence-corrected chi connectivity index (χ0v) is 11.4. The van der Waals surface area contributed by atoms with Gasteiger partial charge in [-0.2, -0.15) is 5.10 Å². The van der Waals surface area contributed by atoms with Gasteiger partial charge in [0.25, 0.3) is 0 Å². The summed E-state index contributed by atoms with van der Waals surface area (Å²) in [5, 5.41) is 25.8. The normalized spacial score (nSPS) is 15.1. The van der Waals surface area contributed by atoms with E-state index in [1.54, 1.807) is 11.6 Å². The molecule has 0 spiro atoms. The predicted molar refractivity (Wildman–Crippen MR) is 65.1 cm³/mol. The fourth-order valence-corrected chi connectivity index (χ4v) is 1.85. The van der Waals surface area contributed by atoms with Crippen molar-refractivity contribution in [3.05, 3.63) is 15.9 Å². The van der Waals surface area contributed by atoms with Gasteiger partial charge in [-0.05, 0) is 29.8 Å². The van der Waals surface area contributed by atoms with Gasteiger partial charge in [0.05, 0.1) is 28.1 Å². The third kappa shape index (κ3) is 3.28. The number of nitrogens with one attached hydrogen (secondary N) is 1. The molecule has 1 unspecified atom stereocenters. The summed E-state index contributed by atoms with van der Waals surface area (Å²) in [6.07, 6.45) is 0. The van der Waals surface area contributed by atoms with Crippen LogP contribution in [0, 0.1) is 6.92 Å². The van der Waals surface area contributed by atoms with E-state index in [9.17, 15) is 5.11 Å². The third-order valence-corrected chi connectivity index (χ3v) is 3.43. The second kappa shape index (κ2) is 5.27. The van der Waals surface area contributed by atoms with Crippen LogP contribution in [0.15, 0.2) is 4.47 Å². The van der Waals surface area contributed by atoms with Gasteiger partial charge in [-0.15, -0.1) is 0 Å². The quantitative estimate of drug-likeness (QED) is 0.731. The number of hydrogen-bond acceptors (Lipinski definition) is 4. The molecular formula is C10H18BrN3O2. The number of aliphatic hydroxyl groups excluding tert-OH is 1. The molecule has 0 aliphatic heterocycles. The number of rotatable bonds is 5. The van der Waals surface area contributed by atoms with Gasteiger partial charge in [-0.3, -0.25) is 4.68 Å². The van der Waals surface area contributed by atoms with Crippen molar-refractivity contribution in [1.82, 2.24) is 15.1 Å². The topological polar surface area (TPSA) is 70.3 Å². The number of aromatic nitrogens is 2. The number of aliphatic hydroxyl groups is 2. The highest BCUT2D eigenvalue weighted by Crippen LogP contribution is 2.19. The second-order valence-electron chi connectivity index (χ2n) is 4.23. The van der Waals surface area contributed by atoms with Crippen LogP contribution >= 0.6 is 15.9 Å². The molecule has 1 rings (SSSR count). The minimum atomic E-state index is -1.08. The lowest BCUT2D eigenvalue weighted by molar-refractivity contribution is 0.00243. The molecule has 3 N–H and O–H groups in total. The number of halogens is 1. The van der Waals surface area contributed by atoms with Crippen LogP contribution in [-0.4, -0.2) is 38.7 Å². The van der Waals surface area contributed by atoms with Crippen molar-refractivity contribution in [3.63, 3.8) is 0 Å². The van der Waals surface area contributed by atoms with Crippen molar-refractivity contribution in [2.24, 2.45) is 7.05 Å². The first kappa shape index (κ1) is 13.6. The number of hydrogen-bond donors (Lipinski definition) is 3. The van der Waals surface area contributed by atoms with E-state index in [1.165, 1.54) is 0 Å². The standard InChI is InChI=1S/C10H18BrN3O2/c1-7-9(11)8(14(3)13-7)4-12-5-10(2,16)6-15/h12,15-16H,4-6H2,1-3H3. The Hall–Kier alpha value is -0.430. The van der Waals surface area contributed by atoms with Gasteiger partial charge in [0.2, 0.25) is 0 Å². The van der Waals surface area contributed by atoms with E-state index in [2.05, 4.69) is 26.3 Å². The van der Waals surface area contributed by atoms with Crippen LogP contribution in [0.3, 0.4) is 0 Å². The zero-order valence-electron chi connectivity index (χ0n) is 9.79. The van der Waals surface area contributed by atoms with E-state index in [4.69, 9.17) is 5.11 Å². The van der Waals surface area contributed by atoms with E-state index in [1.807, 2.05) is 14.0 Å². The van der Waals surface area contributed by atoms with Gasteiger partial charge in [-0.25, -0.2) is 0 Å². The summed E-state index contributed by atoms with van der Waals surface area (Å²) in [6, 6.07) is 0. The van der Waals surface area contributed by atoms with Gasteiger partial charge in [0.1, 0.15) is 0 Å². The molecule has 0 aliphatic rings. The maximum atomic E-state index is 9.60. The van der Waals surface area contributed by atoms with Gasteiger partial charge in [0, 0.05) is 20.1 Å². The van der Waals surface area contributed by atoms with Crippen LogP contribution in [0.2, 0.25) is 0 Å². The van der Waals surface area contributed by atoms with Crippen molar-refractivity contribution in [2.45, 2.75) is 26.0 Å². The number of nitrogens with zero attached hydrogens (tertiary/aromatic N) is 2. The second-order valence-corrected chi connectivity index (χ2v) is 5.02. The Morgan fingerprint density at radius 3 is 2.62 bits per heavy atom. The highest BCUT2D eigenvalue weighted by atomic mass is 79.9.